The smallest absolute Gasteiger partial charge is 0.265 e. The highest BCUT2D eigenvalue weighted by atomic mass is 16.5. The van der Waals surface area contributed by atoms with Gasteiger partial charge in [0.05, 0.1) is 6.10 Å². The maximum absolute atomic E-state index is 12.6. The first-order chi connectivity index (χ1) is 15.0. The Morgan fingerprint density at radius 1 is 1.13 bits per heavy atom. The van der Waals surface area contributed by atoms with E-state index >= 15 is 0 Å². The van der Waals surface area contributed by atoms with Crippen molar-refractivity contribution in [2.24, 2.45) is 0 Å². The van der Waals surface area contributed by atoms with Crippen LogP contribution in [0.2, 0.25) is 0 Å². The van der Waals surface area contributed by atoms with E-state index < -0.39 is 6.10 Å². The van der Waals surface area contributed by atoms with Gasteiger partial charge in [-0.1, -0.05) is 32.0 Å². The number of anilines is 1. The van der Waals surface area contributed by atoms with Crippen LogP contribution in [0.1, 0.15) is 61.9 Å². The number of hydrogen-bond acceptors (Lipinski definition) is 4. The number of carbonyl (C=O) groups excluding carboxylic acids is 2. The third-order valence-corrected chi connectivity index (χ3v) is 5.66. The Kier molecular flexibility index (Phi) is 8.06. The molecule has 0 bridgehead atoms. The summed E-state index contributed by atoms with van der Waals surface area (Å²) in [5.74, 6) is 0.699. The van der Waals surface area contributed by atoms with Crippen molar-refractivity contribution in [3.63, 3.8) is 0 Å². The third-order valence-electron chi connectivity index (χ3n) is 5.66. The zero-order valence-corrected chi connectivity index (χ0v) is 18.5. The van der Waals surface area contributed by atoms with Gasteiger partial charge in [-0.25, -0.2) is 0 Å². The maximum Gasteiger partial charge on any atom is 0.265 e. The van der Waals surface area contributed by atoms with Crippen molar-refractivity contribution < 1.29 is 19.1 Å². The molecule has 3 unspecified atom stereocenters. The monoisotopic (exact) mass is 424 g/mol. The molecule has 1 aliphatic heterocycles. The topological polar surface area (TPSA) is 76.7 Å². The molecular formula is C25H32N2O4. The van der Waals surface area contributed by atoms with Crippen molar-refractivity contribution in [1.82, 2.24) is 5.32 Å². The van der Waals surface area contributed by atoms with E-state index in [0.717, 1.165) is 37.2 Å². The van der Waals surface area contributed by atoms with Crippen LogP contribution in [0, 0.1) is 0 Å². The van der Waals surface area contributed by atoms with Crippen molar-refractivity contribution in [3.05, 3.63) is 59.7 Å². The molecule has 31 heavy (non-hydrogen) atoms. The minimum absolute atomic E-state index is 0.106. The molecule has 1 saturated heterocycles. The minimum Gasteiger partial charge on any atom is -0.481 e. The average molecular weight is 425 g/mol. The SMILES string of the molecule is CCC(C)c1ccccc1OC(C)C(=O)Nc1ccc(C(=O)NCC2CCCO2)cc1. The molecule has 0 saturated carbocycles. The van der Waals surface area contributed by atoms with E-state index in [1.807, 2.05) is 24.3 Å². The van der Waals surface area contributed by atoms with Gasteiger partial charge in [0.1, 0.15) is 5.75 Å². The molecule has 2 aromatic carbocycles. The second kappa shape index (κ2) is 11.0. The van der Waals surface area contributed by atoms with E-state index in [1.165, 1.54) is 0 Å². The predicted molar refractivity (Wildman–Crippen MR) is 122 cm³/mol. The molecule has 0 spiro atoms. The molecular weight excluding hydrogens is 392 g/mol. The fourth-order valence-electron chi connectivity index (χ4n) is 3.52. The average Bonchev–Trinajstić information content (AvgIpc) is 3.31. The zero-order chi connectivity index (χ0) is 22.2. The van der Waals surface area contributed by atoms with E-state index in [-0.39, 0.29) is 17.9 Å². The molecule has 0 aromatic heterocycles. The highest BCUT2D eigenvalue weighted by molar-refractivity contribution is 5.96. The molecule has 0 aliphatic carbocycles. The van der Waals surface area contributed by atoms with Crippen LogP contribution in [0.4, 0.5) is 5.69 Å². The number of para-hydroxylation sites is 1. The lowest BCUT2D eigenvalue weighted by Crippen LogP contribution is -2.32. The molecule has 2 aromatic rings. The van der Waals surface area contributed by atoms with Crippen molar-refractivity contribution in [1.29, 1.82) is 0 Å². The Balaban J connectivity index is 1.53. The molecule has 2 N–H and O–H groups in total. The van der Waals surface area contributed by atoms with Gasteiger partial charge in [-0.3, -0.25) is 9.59 Å². The number of ether oxygens (including phenoxy) is 2. The molecule has 1 heterocycles. The van der Waals surface area contributed by atoms with Crippen LogP contribution < -0.4 is 15.4 Å². The first-order valence-electron chi connectivity index (χ1n) is 11.0. The van der Waals surface area contributed by atoms with E-state index in [0.29, 0.717) is 23.7 Å². The third kappa shape index (κ3) is 6.31. The summed E-state index contributed by atoms with van der Waals surface area (Å²) >= 11 is 0. The van der Waals surface area contributed by atoms with Gasteiger partial charge in [-0.05, 0) is 68.0 Å². The van der Waals surface area contributed by atoms with E-state index in [1.54, 1.807) is 31.2 Å². The largest absolute Gasteiger partial charge is 0.481 e. The summed E-state index contributed by atoms with van der Waals surface area (Å²) in [6, 6.07) is 14.7. The summed E-state index contributed by atoms with van der Waals surface area (Å²) < 4.78 is 11.5. The lowest BCUT2D eigenvalue weighted by molar-refractivity contribution is -0.122. The molecule has 166 valence electrons. The van der Waals surface area contributed by atoms with Crippen LogP contribution >= 0.6 is 0 Å². The van der Waals surface area contributed by atoms with Gasteiger partial charge < -0.3 is 20.1 Å². The van der Waals surface area contributed by atoms with Gasteiger partial charge in [0.15, 0.2) is 6.10 Å². The molecule has 6 heteroatoms. The molecule has 3 atom stereocenters. The Hall–Kier alpha value is -2.86. The summed E-state index contributed by atoms with van der Waals surface area (Å²) in [5.41, 5.74) is 2.26. The van der Waals surface area contributed by atoms with Crippen molar-refractivity contribution in [2.75, 3.05) is 18.5 Å². The van der Waals surface area contributed by atoms with E-state index in [9.17, 15) is 9.59 Å². The Bertz CT molecular complexity index is 875. The fraction of sp³-hybridized carbons (Fsp3) is 0.440. The fourth-order valence-corrected chi connectivity index (χ4v) is 3.52. The predicted octanol–water partition coefficient (Wildman–Crippen LogP) is 4.51. The lowest BCUT2D eigenvalue weighted by atomic mass is 9.98. The van der Waals surface area contributed by atoms with Crippen LogP contribution in [0.3, 0.4) is 0 Å². The van der Waals surface area contributed by atoms with Gasteiger partial charge >= 0.3 is 0 Å². The Labute approximate surface area is 184 Å². The second-order valence-corrected chi connectivity index (χ2v) is 8.02. The summed E-state index contributed by atoms with van der Waals surface area (Å²) in [4.78, 5) is 24.9. The first kappa shape index (κ1) is 22.8. The van der Waals surface area contributed by atoms with Crippen molar-refractivity contribution in [2.45, 2.75) is 58.2 Å². The zero-order valence-electron chi connectivity index (χ0n) is 18.5. The second-order valence-electron chi connectivity index (χ2n) is 8.02. The first-order valence-corrected chi connectivity index (χ1v) is 11.0. The van der Waals surface area contributed by atoms with Crippen LogP contribution in [0.15, 0.2) is 48.5 Å². The highest BCUT2D eigenvalue weighted by Crippen LogP contribution is 2.29. The normalized spacial score (nSPS) is 17.6. The quantitative estimate of drug-likeness (QED) is 0.621. The van der Waals surface area contributed by atoms with Crippen LogP contribution in [0.25, 0.3) is 0 Å². The number of benzene rings is 2. The van der Waals surface area contributed by atoms with Crippen LogP contribution in [0.5, 0.6) is 5.75 Å². The van der Waals surface area contributed by atoms with Gasteiger partial charge in [0.2, 0.25) is 0 Å². The molecule has 0 radical (unpaired) electrons. The standard InChI is InChI=1S/C25H32N2O4/c1-4-17(2)22-9-5-6-10-23(22)31-18(3)24(28)27-20-13-11-19(12-14-20)25(29)26-16-21-8-7-15-30-21/h5-6,9-14,17-18,21H,4,7-8,15-16H2,1-3H3,(H,26,29)(H,27,28). The summed E-state index contributed by atoms with van der Waals surface area (Å²) in [5, 5.41) is 5.75. The van der Waals surface area contributed by atoms with E-state index in [4.69, 9.17) is 9.47 Å². The number of hydrogen-bond donors (Lipinski definition) is 2. The molecule has 1 aliphatic rings. The van der Waals surface area contributed by atoms with Gasteiger partial charge in [0.25, 0.3) is 11.8 Å². The molecule has 6 nitrogen and oxygen atoms in total. The highest BCUT2D eigenvalue weighted by Gasteiger charge is 2.19. The van der Waals surface area contributed by atoms with Gasteiger partial charge in [0, 0.05) is 24.4 Å². The molecule has 2 amide bonds. The Morgan fingerprint density at radius 2 is 1.87 bits per heavy atom. The number of nitrogens with one attached hydrogen (secondary N) is 2. The van der Waals surface area contributed by atoms with Crippen molar-refractivity contribution in [3.8, 4) is 5.75 Å². The van der Waals surface area contributed by atoms with Crippen molar-refractivity contribution >= 4 is 17.5 Å². The van der Waals surface area contributed by atoms with Crippen LogP contribution in [-0.2, 0) is 9.53 Å². The number of rotatable bonds is 9. The molecule has 3 rings (SSSR count). The van der Waals surface area contributed by atoms with Gasteiger partial charge in [-0.2, -0.15) is 0 Å². The summed E-state index contributed by atoms with van der Waals surface area (Å²) in [6.45, 7) is 7.29. The maximum atomic E-state index is 12.6. The van der Waals surface area contributed by atoms with Gasteiger partial charge in [-0.15, -0.1) is 0 Å². The number of carbonyl (C=O) groups is 2. The summed E-state index contributed by atoms with van der Waals surface area (Å²) in [7, 11) is 0. The minimum atomic E-state index is -0.653. The summed E-state index contributed by atoms with van der Waals surface area (Å²) in [6.07, 6.45) is 2.47. The molecule has 1 fully saturated rings. The van der Waals surface area contributed by atoms with E-state index in [2.05, 4.69) is 24.5 Å². The number of amides is 2. The Morgan fingerprint density at radius 3 is 2.55 bits per heavy atom. The van der Waals surface area contributed by atoms with Crippen LogP contribution in [-0.4, -0.2) is 37.2 Å². The lowest BCUT2D eigenvalue weighted by Gasteiger charge is -2.19.